The molecule has 146 valence electrons. The van der Waals surface area contributed by atoms with E-state index in [4.69, 9.17) is 4.74 Å². The lowest BCUT2D eigenvalue weighted by atomic mass is 9.94. The SMILES string of the molecule is Cc1ccc(C)c(C(=O)c2ccccc2C(=O)OCC(=O)NC2CCCC2)c1. The van der Waals surface area contributed by atoms with Crippen molar-refractivity contribution < 1.29 is 19.1 Å². The molecule has 28 heavy (non-hydrogen) atoms. The summed E-state index contributed by atoms with van der Waals surface area (Å²) < 4.78 is 5.18. The van der Waals surface area contributed by atoms with Gasteiger partial charge in [0.2, 0.25) is 0 Å². The van der Waals surface area contributed by atoms with E-state index in [-0.39, 0.29) is 35.5 Å². The van der Waals surface area contributed by atoms with Crippen LogP contribution in [0.2, 0.25) is 0 Å². The molecule has 1 N–H and O–H groups in total. The van der Waals surface area contributed by atoms with E-state index in [1.807, 2.05) is 32.0 Å². The number of hydrogen-bond donors (Lipinski definition) is 1. The van der Waals surface area contributed by atoms with E-state index in [9.17, 15) is 14.4 Å². The number of ketones is 1. The van der Waals surface area contributed by atoms with Crippen LogP contribution in [0.4, 0.5) is 0 Å². The van der Waals surface area contributed by atoms with Crippen molar-refractivity contribution in [2.75, 3.05) is 6.61 Å². The van der Waals surface area contributed by atoms with Gasteiger partial charge in [-0.15, -0.1) is 0 Å². The zero-order valence-electron chi connectivity index (χ0n) is 16.3. The minimum Gasteiger partial charge on any atom is -0.452 e. The number of rotatable bonds is 6. The van der Waals surface area contributed by atoms with Crippen LogP contribution in [0.1, 0.15) is 63.1 Å². The van der Waals surface area contributed by atoms with Gasteiger partial charge in [0.25, 0.3) is 5.91 Å². The van der Waals surface area contributed by atoms with Crippen molar-refractivity contribution in [1.82, 2.24) is 5.32 Å². The summed E-state index contributed by atoms with van der Waals surface area (Å²) in [5.74, 6) is -1.21. The lowest BCUT2D eigenvalue weighted by Crippen LogP contribution is -2.36. The molecular formula is C23H25NO4. The second-order valence-electron chi connectivity index (χ2n) is 7.32. The van der Waals surface area contributed by atoms with Crippen molar-refractivity contribution in [1.29, 1.82) is 0 Å². The number of ether oxygens (including phenoxy) is 1. The molecule has 5 nitrogen and oxygen atoms in total. The van der Waals surface area contributed by atoms with Crippen LogP contribution in [0.25, 0.3) is 0 Å². The highest BCUT2D eigenvalue weighted by Crippen LogP contribution is 2.20. The Labute approximate surface area is 165 Å². The van der Waals surface area contributed by atoms with E-state index in [1.54, 1.807) is 24.3 Å². The highest BCUT2D eigenvalue weighted by molar-refractivity contribution is 6.15. The molecule has 0 spiro atoms. The fourth-order valence-electron chi connectivity index (χ4n) is 3.53. The van der Waals surface area contributed by atoms with E-state index in [0.29, 0.717) is 5.56 Å². The fourth-order valence-corrected chi connectivity index (χ4v) is 3.53. The van der Waals surface area contributed by atoms with E-state index >= 15 is 0 Å². The topological polar surface area (TPSA) is 72.5 Å². The molecule has 0 atom stereocenters. The molecule has 0 aromatic heterocycles. The molecule has 1 aliphatic carbocycles. The van der Waals surface area contributed by atoms with Gasteiger partial charge in [-0.25, -0.2) is 4.79 Å². The second kappa shape index (κ2) is 8.83. The van der Waals surface area contributed by atoms with Crippen molar-refractivity contribution in [2.24, 2.45) is 0 Å². The van der Waals surface area contributed by atoms with Gasteiger partial charge in [0.05, 0.1) is 5.56 Å². The standard InChI is InChI=1S/C23H25NO4/c1-15-11-12-16(2)20(13-15)22(26)18-9-5-6-10-19(18)23(27)28-14-21(25)24-17-7-3-4-8-17/h5-6,9-13,17H,3-4,7-8,14H2,1-2H3,(H,24,25). The van der Waals surface area contributed by atoms with Gasteiger partial charge >= 0.3 is 5.97 Å². The summed E-state index contributed by atoms with van der Waals surface area (Å²) in [5, 5.41) is 2.88. The minimum atomic E-state index is -0.671. The number of benzene rings is 2. The van der Waals surface area contributed by atoms with Crippen molar-refractivity contribution in [3.63, 3.8) is 0 Å². The van der Waals surface area contributed by atoms with Crippen LogP contribution in [0.5, 0.6) is 0 Å². The van der Waals surface area contributed by atoms with Crippen LogP contribution in [-0.4, -0.2) is 30.3 Å². The Kier molecular flexibility index (Phi) is 6.24. The van der Waals surface area contributed by atoms with Crippen LogP contribution < -0.4 is 5.32 Å². The summed E-state index contributed by atoms with van der Waals surface area (Å²) in [7, 11) is 0. The van der Waals surface area contributed by atoms with E-state index < -0.39 is 5.97 Å². The number of aryl methyl sites for hydroxylation is 2. The Morgan fingerprint density at radius 2 is 1.64 bits per heavy atom. The molecule has 1 saturated carbocycles. The molecule has 0 heterocycles. The van der Waals surface area contributed by atoms with Gasteiger partial charge in [0.1, 0.15) is 0 Å². The Morgan fingerprint density at radius 1 is 0.964 bits per heavy atom. The van der Waals surface area contributed by atoms with E-state index in [1.165, 1.54) is 0 Å². The number of carbonyl (C=O) groups excluding carboxylic acids is 3. The maximum Gasteiger partial charge on any atom is 0.339 e. The zero-order chi connectivity index (χ0) is 20.1. The third-order valence-corrected chi connectivity index (χ3v) is 5.08. The number of nitrogens with one attached hydrogen (secondary N) is 1. The maximum absolute atomic E-state index is 13.0. The maximum atomic E-state index is 13.0. The number of esters is 1. The van der Waals surface area contributed by atoms with Crippen LogP contribution >= 0.6 is 0 Å². The highest BCUT2D eigenvalue weighted by atomic mass is 16.5. The van der Waals surface area contributed by atoms with Gasteiger partial charge in [-0.3, -0.25) is 9.59 Å². The van der Waals surface area contributed by atoms with Gasteiger partial charge in [0, 0.05) is 17.2 Å². The van der Waals surface area contributed by atoms with Gasteiger partial charge in [-0.2, -0.15) is 0 Å². The lowest BCUT2D eigenvalue weighted by Gasteiger charge is -2.13. The Balaban J connectivity index is 1.72. The predicted molar refractivity (Wildman–Crippen MR) is 106 cm³/mol. The molecule has 2 aromatic carbocycles. The first-order valence-electron chi connectivity index (χ1n) is 9.63. The monoisotopic (exact) mass is 379 g/mol. The molecule has 0 saturated heterocycles. The molecule has 1 amide bonds. The lowest BCUT2D eigenvalue weighted by molar-refractivity contribution is -0.124. The van der Waals surface area contributed by atoms with Crippen molar-refractivity contribution >= 4 is 17.7 Å². The van der Waals surface area contributed by atoms with Gasteiger partial charge in [-0.05, 0) is 44.4 Å². The summed E-state index contributed by atoms with van der Waals surface area (Å²) in [6.07, 6.45) is 4.15. The van der Waals surface area contributed by atoms with Crippen LogP contribution in [0, 0.1) is 13.8 Å². The number of hydrogen-bond acceptors (Lipinski definition) is 4. The largest absolute Gasteiger partial charge is 0.452 e. The molecule has 0 aliphatic heterocycles. The average Bonchev–Trinajstić information content (AvgIpc) is 3.20. The fraction of sp³-hybridized carbons (Fsp3) is 0.348. The van der Waals surface area contributed by atoms with Gasteiger partial charge in [0.15, 0.2) is 12.4 Å². The second-order valence-corrected chi connectivity index (χ2v) is 7.32. The van der Waals surface area contributed by atoms with Crippen LogP contribution in [-0.2, 0) is 9.53 Å². The first kappa shape index (κ1) is 19.8. The number of amides is 1. The van der Waals surface area contributed by atoms with E-state index in [0.717, 1.165) is 36.8 Å². The predicted octanol–water partition coefficient (Wildman–Crippen LogP) is 3.75. The van der Waals surface area contributed by atoms with Crippen molar-refractivity contribution in [3.05, 3.63) is 70.3 Å². The summed E-state index contributed by atoms with van der Waals surface area (Å²) in [6.45, 7) is 3.43. The normalized spacial score (nSPS) is 13.9. The minimum absolute atomic E-state index is 0.169. The third kappa shape index (κ3) is 4.66. The first-order chi connectivity index (χ1) is 13.5. The number of carbonyl (C=O) groups is 3. The summed E-state index contributed by atoms with van der Waals surface area (Å²) in [6, 6.07) is 12.4. The molecule has 5 heteroatoms. The molecule has 1 fully saturated rings. The molecule has 0 radical (unpaired) electrons. The summed E-state index contributed by atoms with van der Waals surface area (Å²) >= 11 is 0. The summed E-state index contributed by atoms with van der Waals surface area (Å²) in [5.41, 5.74) is 2.81. The highest BCUT2D eigenvalue weighted by Gasteiger charge is 2.22. The van der Waals surface area contributed by atoms with Crippen molar-refractivity contribution in [2.45, 2.75) is 45.6 Å². The zero-order valence-corrected chi connectivity index (χ0v) is 16.3. The average molecular weight is 379 g/mol. The van der Waals surface area contributed by atoms with Gasteiger partial charge < -0.3 is 10.1 Å². The van der Waals surface area contributed by atoms with Crippen LogP contribution in [0.15, 0.2) is 42.5 Å². The van der Waals surface area contributed by atoms with E-state index in [2.05, 4.69) is 5.32 Å². The molecular weight excluding hydrogens is 354 g/mol. The van der Waals surface area contributed by atoms with Gasteiger partial charge in [-0.1, -0.05) is 48.7 Å². The smallest absolute Gasteiger partial charge is 0.339 e. The Bertz CT molecular complexity index is 897. The quantitative estimate of drug-likeness (QED) is 0.613. The molecule has 3 rings (SSSR count). The molecule has 0 bridgehead atoms. The molecule has 1 aliphatic rings. The van der Waals surface area contributed by atoms with Crippen LogP contribution in [0.3, 0.4) is 0 Å². The summed E-state index contributed by atoms with van der Waals surface area (Å²) in [4.78, 5) is 37.6. The van der Waals surface area contributed by atoms with Crippen molar-refractivity contribution in [3.8, 4) is 0 Å². The Morgan fingerprint density at radius 3 is 2.36 bits per heavy atom. The third-order valence-electron chi connectivity index (χ3n) is 5.08. The Hall–Kier alpha value is -2.95. The molecule has 2 aromatic rings. The molecule has 0 unspecified atom stereocenters. The first-order valence-corrected chi connectivity index (χ1v) is 9.63.